The molecule has 3 rings (SSSR count). The Morgan fingerprint density at radius 3 is 2.70 bits per heavy atom. The summed E-state index contributed by atoms with van der Waals surface area (Å²) in [6, 6.07) is 8.11. The number of fused-ring (bicyclic) bond motifs is 1. The molecule has 2 aliphatic rings. The van der Waals surface area contributed by atoms with E-state index in [0.29, 0.717) is 5.70 Å². The number of amides is 1. The molecule has 1 aromatic carbocycles. The highest BCUT2D eigenvalue weighted by Crippen LogP contribution is 2.28. The molecule has 20 heavy (non-hydrogen) atoms. The molecule has 0 N–H and O–H groups in total. The molecule has 0 aromatic heterocycles. The SMILES string of the molecule is CN(C)c1ccc(C=C2N=C3SCCCN3C2=O)cc1. The van der Waals surface area contributed by atoms with Crippen LogP contribution in [-0.2, 0) is 4.79 Å². The van der Waals surface area contributed by atoms with Gasteiger partial charge >= 0.3 is 0 Å². The summed E-state index contributed by atoms with van der Waals surface area (Å²) in [5.41, 5.74) is 2.70. The zero-order chi connectivity index (χ0) is 14.1. The quantitative estimate of drug-likeness (QED) is 0.784. The average Bonchev–Trinajstić information content (AvgIpc) is 2.77. The second-order valence-electron chi connectivity index (χ2n) is 5.07. The van der Waals surface area contributed by atoms with Crippen LogP contribution in [0.15, 0.2) is 35.0 Å². The molecule has 104 valence electrons. The van der Waals surface area contributed by atoms with Crippen LogP contribution in [-0.4, -0.2) is 42.4 Å². The molecular weight excluding hydrogens is 270 g/mol. The maximum Gasteiger partial charge on any atom is 0.278 e. The van der Waals surface area contributed by atoms with Gasteiger partial charge in [0.15, 0.2) is 5.17 Å². The Morgan fingerprint density at radius 2 is 2.05 bits per heavy atom. The van der Waals surface area contributed by atoms with E-state index in [2.05, 4.69) is 9.89 Å². The number of hydrogen-bond acceptors (Lipinski definition) is 4. The summed E-state index contributed by atoms with van der Waals surface area (Å²) in [6.07, 6.45) is 2.91. The Kier molecular flexibility index (Phi) is 3.53. The maximum absolute atomic E-state index is 12.2. The monoisotopic (exact) mass is 287 g/mol. The van der Waals surface area contributed by atoms with Crippen LogP contribution in [0.25, 0.3) is 6.08 Å². The topological polar surface area (TPSA) is 35.9 Å². The molecule has 1 saturated heterocycles. The minimum absolute atomic E-state index is 0.0314. The minimum Gasteiger partial charge on any atom is -0.378 e. The molecule has 0 aliphatic carbocycles. The lowest BCUT2D eigenvalue weighted by molar-refractivity contribution is -0.122. The highest BCUT2D eigenvalue weighted by Gasteiger charge is 2.32. The second kappa shape index (κ2) is 5.32. The summed E-state index contributed by atoms with van der Waals surface area (Å²) in [4.78, 5) is 20.5. The molecule has 0 bridgehead atoms. The van der Waals surface area contributed by atoms with Crippen molar-refractivity contribution in [1.82, 2.24) is 4.90 Å². The first kappa shape index (κ1) is 13.2. The fourth-order valence-electron chi connectivity index (χ4n) is 2.25. The van der Waals surface area contributed by atoms with Gasteiger partial charge in [-0.05, 0) is 30.2 Å². The first-order valence-electron chi connectivity index (χ1n) is 6.67. The Balaban J connectivity index is 1.85. The van der Waals surface area contributed by atoms with Crippen LogP contribution in [0.2, 0.25) is 0 Å². The number of amidine groups is 1. The largest absolute Gasteiger partial charge is 0.378 e. The lowest BCUT2D eigenvalue weighted by Gasteiger charge is -2.21. The molecular formula is C15H17N3OS. The smallest absolute Gasteiger partial charge is 0.278 e. The number of carbonyl (C=O) groups is 1. The number of thioether (sulfide) groups is 1. The van der Waals surface area contributed by atoms with Crippen molar-refractivity contribution < 1.29 is 4.79 Å². The van der Waals surface area contributed by atoms with Crippen LogP contribution in [0.5, 0.6) is 0 Å². The third-order valence-electron chi connectivity index (χ3n) is 3.38. The summed E-state index contributed by atoms with van der Waals surface area (Å²) < 4.78 is 0. The predicted molar refractivity (Wildman–Crippen MR) is 85.0 cm³/mol. The van der Waals surface area contributed by atoms with Gasteiger partial charge in [-0.3, -0.25) is 9.69 Å². The van der Waals surface area contributed by atoms with E-state index in [-0.39, 0.29) is 5.91 Å². The molecule has 0 saturated carbocycles. The number of benzene rings is 1. The van der Waals surface area contributed by atoms with Crippen LogP contribution in [0.3, 0.4) is 0 Å². The van der Waals surface area contributed by atoms with Gasteiger partial charge in [-0.1, -0.05) is 23.9 Å². The van der Waals surface area contributed by atoms with Crippen LogP contribution < -0.4 is 4.90 Å². The van der Waals surface area contributed by atoms with Crippen molar-refractivity contribution in [3.63, 3.8) is 0 Å². The maximum atomic E-state index is 12.2. The van der Waals surface area contributed by atoms with Gasteiger partial charge in [0.25, 0.3) is 5.91 Å². The highest BCUT2D eigenvalue weighted by molar-refractivity contribution is 8.13. The van der Waals surface area contributed by atoms with Crippen molar-refractivity contribution in [2.24, 2.45) is 4.99 Å². The van der Waals surface area contributed by atoms with Crippen LogP contribution >= 0.6 is 11.8 Å². The molecule has 0 radical (unpaired) electrons. The van der Waals surface area contributed by atoms with Crippen molar-refractivity contribution in [1.29, 1.82) is 0 Å². The first-order chi connectivity index (χ1) is 9.65. The molecule has 2 heterocycles. The lowest BCUT2D eigenvalue weighted by Crippen LogP contribution is -2.34. The van der Waals surface area contributed by atoms with Gasteiger partial charge in [0.2, 0.25) is 0 Å². The Labute approximate surface area is 123 Å². The van der Waals surface area contributed by atoms with Crippen molar-refractivity contribution >= 4 is 34.6 Å². The molecule has 0 atom stereocenters. The summed E-state index contributed by atoms with van der Waals surface area (Å²) >= 11 is 1.67. The van der Waals surface area contributed by atoms with E-state index >= 15 is 0 Å². The number of rotatable bonds is 2. The second-order valence-corrected chi connectivity index (χ2v) is 6.13. The normalized spacial score (nSPS) is 20.1. The number of hydrogen-bond donors (Lipinski definition) is 0. The fraction of sp³-hybridized carbons (Fsp3) is 0.333. The predicted octanol–water partition coefficient (Wildman–Crippen LogP) is 2.43. The molecule has 2 aliphatic heterocycles. The Hall–Kier alpha value is -1.75. The third kappa shape index (κ3) is 2.45. The summed E-state index contributed by atoms with van der Waals surface area (Å²) in [5, 5.41) is 0.859. The van der Waals surface area contributed by atoms with Gasteiger partial charge in [0.05, 0.1) is 0 Å². The number of nitrogens with zero attached hydrogens (tertiary/aromatic N) is 3. The summed E-state index contributed by atoms with van der Waals surface area (Å²) in [5.74, 6) is 1.08. The van der Waals surface area contributed by atoms with E-state index in [0.717, 1.165) is 35.1 Å². The Bertz CT molecular complexity index is 590. The molecule has 1 aromatic rings. The lowest BCUT2D eigenvalue weighted by atomic mass is 10.1. The van der Waals surface area contributed by atoms with Gasteiger partial charge in [0, 0.05) is 32.1 Å². The Morgan fingerprint density at radius 1 is 1.30 bits per heavy atom. The number of aliphatic imine (C=N–C) groups is 1. The zero-order valence-electron chi connectivity index (χ0n) is 11.7. The van der Waals surface area contributed by atoms with Gasteiger partial charge in [0.1, 0.15) is 5.70 Å². The molecule has 0 unspecified atom stereocenters. The zero-order valence-corrected chi connectivity index (χ0v) is 12.5. The summed E-state index contributed by atoms with van der Waals surface area (Å²) in [6.45, 7) is 0.793. The minimum atomic E-state index is 0.0314. The van der Waals surface area contributed by atoms with Gasteiger partial charge in [-0.2, -0.15) is 0 Å². The first-order valence-corrected chi connectivity index (χ1v) is 7.66. The van der Waals surface area contributed by atoms with E-state index < -0.39 is 0 Å². The average molecular weight is 287 g/mol. The molecule has 1 amide bonds. The standard InChI is InChI=1S/C15H17N3OS/c1-17(2)12-6-4-11(5-7-12)10-13-14(19)18-8-3-9-20-15(18)16-13/h4-7,10H,3,8-9H2,1-2H3. The number of carbonyl (C=O) groups excluding carboxylic acids is 1. The van der Waals surface area contributed by atoms with Crippen molar-refractivity contribution in [2.45, 2.75) is 6.42 Å². The molecule has 4 nitrogen and oxygen atoms in total. The van der Waals surface area contributed by atoms with Gasteiger partial charge in [-0.25, -0.2) is 4.99 Å². The van der Waals surface area contributed by atoms with Crippen LogP contribution in [0, 0.1) is 0 Å². The fourth-order valence-corrected chi connectivity index (χ4v) is 3.20. The molecule has 5 heteroatoms. The highest BCUT2D eigenvalue weighted by atomic mass is 32.2. The third-order valence-corrected chi connectivity index (χ3v) is 4.44. The van der Waals surface area contributed by atoms with Crippen molar-refractivity contribution in [3.8, 4) is 0 Å². The van der Waals surface area contributed by atoms with Crippen molar-refractivity contribution in [2.75, 3.05) is 31.3 Å². The number of anilines is 1. The van der Waals surface area contributed by atoms with Crippen LogP contribution in [0.1, 0.15) is 12.0 Å². The van der Waals surface area contributed by atoms with E-state index in [9.17, 15) is 4.79 Å². The molecule has 1 fully saturated rings. The summed E-state index contributed by atoms with van der Waals surface area (Å²) in [7, 11) is 4.02. The van der Waals surface area contributed by atoms with Crippen molar-refractivity contribution in [3.05, 3.63) is 35.5 Å². The van der Waals surface area contributed by atoms with E-state index in [1.54, 1.807) is 16.7 Å². The van der Waals surface area contributed by atoms with Gasteiger partial charge in [-0.15, -0.1) is 0 Å². The van der Waals surface area contributed by atoms with E-state index in [1.165, 1.54) is 0 Å². The molecule has 0 spiro atoms. The van der Waals surface area contributed by atoms with E-state index in [4.69, 9.17) is 0 Å². The van der Waals surface area contributed by atoms with Gasteiger partial charge < -0.3 is 4.90 Å². The van der Waals surface area contributed by atoms with E-state index in [1.807, 2.05) is 44.4 Å². The van der Waals surface area contributed by atoms with Crippen LogP contribution in [0.4, 0.5) is 5.69 Å².